The number of benzene rings is 2. The first kappa shape index (κ1) is 15.1. The van der Waals surface area contributed by atoms with Gasteiger partial charge in [0.15, 0.2) is 0 Å². The summed E-state index contributed by atoms with van der Waals surface area (Å²) >= 11 is 0. The van der Waals surface area contributed by atoms with Gasteiger partial charge in [-0.1, -0.05) is 56.3 Å². The van der Waals surface area contributed by atoms with E-state index < -0.39 is 0 Å². The lowest BCUT2D eigenvalue weighted by atomic mass is 10.0. The summed E-state index contributed by atoms with van der Waals surface area (Å²) in [5.41, 5.74) is 2.39. The molecule has 3 nitrogen and oxygen atoms in total. The molecule has 0 aliphatic carbocycles. The summed E-state index contributed by atoms with van der Waals surface area (Å²) in [4.78, 5) is 13.6. The first-order chi connectivity index (χ1) is 10.1. The van der Waals surface area contributed by atoms with Crippen LogP contribution < -0.4 is 4.74 Å². The number of hydrogen-bond donors (Lipinski definition) is 0. The van der Waals surface area contributed by atoms with Gasteiger partial charge in [-0.3, -0.25) is 0 Å². The molecule has 2 aromatic rings. The van der Waals surface area contributed by atoms with Crippen molar-refractivity contribution in [2.45, 2.75) is 26.3 Å². The van der Waals surface area contributed by atoms with E-state index in [1.54, 1.807) is 24.1 Å². The largest absolute Gasteiger partial charge is 0.415 e. The van der Waals surface area contributed by atoms with E-state index in [1.807, 2.05) is 18.2 Å². The van der Waals surface area contributed by atoms with Crippen LogP contribution in [0, 0.1) is 0 Å². The van der Waals surface area contributed by atoms with Crippen molar-refractivity contribution < 1.29 is 9.53 Å². The van der Waals surface area contributed by atoms with Crippen molar-refractivity contribution in [1.29, 1.82) is 0 Å². The summed E-state index contributed by atoms with van der Waals surface area (Å²) in [6.45, 7) is 4.86. The minimum absolute atomic E-state index is 0.353. The molecule has 0 radical (unpaired) electrons. The fraction of sp³-hybridized carbons (Fsp3) is 0.278. The van der Waals surface area contributed by atoms with Crippen molar-refractivity contribution >= 4 is 6.09 Å². The predicted molar refractivity (Wildman–Crippen MR) is 84.5 cm³/mol. The van der Waals surface area contributed by atoms with Crippen LogP contribution in [0.2, 0.25) is 0 Å². The molecule has 0 spiro atoms. The molecule has 0 heterocycles. The van der Waals surface area contributed by atoms with Crippen molar-refractivity contribution in [3.05, 3.63) is 65.7 Å². The van der Waals surface area contributed by atoms with E-state index in [0.717, 1.165) is 5.56 Å². The number of carbonyl (C=O) groups is 1. The highest BCUT2D eigenvalue weighted by Gasteiger charge is 2.11. The number of hydrogen-bond acceptors (Lipinski definition) is 2. The molecule has 0 N–H and O–H groups in total. The SMILES string of the molecule is CC(C)c1ccc(CN(C)C(=O)Oc2ccccc2)cc1. The van der Waals surface area contributed by atoms with Gasteiger partial charge in [-0.05, 0) is 29.2 Å². The Kier molecular flexibility index (Phi) is 4.99. The van der Waals surface area contributed by atoms with Gasteiger partial charge < -0.3 is 9.64 Å². The van der Waals surface area contributed by atoms with Gasteiger partial charge in [0.2, 0.25) is 0 Å². The molecule has 0 saturated carbocycles. The molecule has 110 valence electrons. The molecule has 0 saturated heterocycles. The molecular formula is C18H21NO2. The number of amides is 1. The third-order valence-electron chi connectivity index (χ3n) is 3.33. The molecule has 3 heteroatoms. The Morgan fingerprint density at radius 2 is 1.67 bits per heavy atom. The van der Waals surface area contributed by atoms with Gasteiger partial charge in [0.1, 0.15) is 5.75 Å². The first-order valence-corrected chi connectivity index (χ1v) is 7.13. The van der Waals surface area contributed by atoms with Crippen LogP contribution in [0.3, 0.4) is 0 Å². The molecule has 0 bridgehead atoms. The van der Waals surface area contributed by atoms with Crippen LogP contribution in [0.5, 0.6) is 5.75 Å². The average molecular weight is 283 g/mol. The highest BCUT2D eigenvalue weighted by molar-refractivity contribution is 5.70. The highest BCUT2D eigenvalue weighted by Crippen LogP contribution is 2.16. The van der Waals surface area contributed by atoms with Gasteiger partial charge in [-0.25, -0.2) is 4.79 Å². The predicted octanol–water partition coefficient (Wildman–Crippen LogP) is 4.44. The second kappa shape index (κ2) is 6.93. The van der Waals surface area contributed by atoms with Gasteiger partial charge >= 0.3 is 6.09 Å². The van der Waals surface area contributed by atoms with Crippen LogP contribution in [0.1, 0.15) is 30.9 Å². The Balaban J connectivity index is 1.94. The minimum Gasteiger partial charge on any atom is -0.410 e. The van der Waals surface area contributed by atoms with Crippen LogP contribution in [0.25, 0.3) is 0 Å². The van der Waals surface area contributed by atoms with E-state index in [-0.39, 0.29) is 6.09 Å². The first-order valence-electron chi connectivity index (χ1n) is 7.13. The molecule has 0 aliphatic heterocycles. The smallest absolute Gasteiger partial charge is 0.410 e. The molecule has 0 fully saturated rings. The third-order valence-corrected chi connectivity index (χ3v) is 3.33. The zero-order valence-electron chi connectivity index (χ0n) is 12.7. The van der Waals surface area contributed by atoms with Crippen LogP contribution in [0.4, 0.5) is 4.79 Å². The lowest BCUT2D eigenvalue weighted by molar-refractivity contribution is 0.161. The molecule has 0 atom stereocenters. The molecule has 0 aromatic heterocycles. The Labute approximate surface area is 126 Å². The van der Waals surface area contributed by atoms with E-state index in [9.17, 15) is 4.79 Å². The summed E-state index contributed by atoms with van der Waals surface area (Å²) < 4.78 is 5.30. The summed E-state index contributed by atoms with van der Waals surface area (Å²) in [5.74, 6) is 1.07. The lowest BCUT2D eigenvalue weighted by Gasteiger charge is -2.17. The van der Waals surface area contributed by atoms with E-state index in [1.165, 1.54) is 5.56 Å². The van der Waals surface area contributed by atoms with Crippen LogP contribution in [-0.4, -0.2) is 18.0 Å². The standard InChI is InChI=1S/C18H21NO2/c1-14(2)16-11-9-15(10-12-16)13-19(3)18(20)21-17-7-5-4-6-8-17/h4-12,14H,13H2,1-3H3. The van der Waals surface area contributed by atoms with E-state index in [0.29, 0.717) is 18.2 Å². The number of ether oxygens (including phenoxy) is 1. The van der Waals surface area contributed by atoms with E-state index >= 15 is 0 Å². The summed E-state index contributed by atoms with van der Waals surface area (Å²) in [6, 6.07) is 17.4. The average Bonchev–Trinajstić information content (AvgIpc) is 2.48. The molecule has 21 heavy (non-hydrogen) atoms. The molecular weight excluding hydrogens is 262 g/mol. The Morgan fingerprint density at radius 3 is 2.24 bits per heavy atom. The van der Waals surface area contributed by atoms with Gasteiger partial charge in [0, 0.05) is 13.6 Å². The van der Waals surface area contributed by atoms with Crippen molar-refractivity contribution in [2.24, 2.45) is 0 Å². The van der Waals surface area contributed by atoms with Crippen molar-refractivity contribution in [2.75, 3.05) is 7.05 Å². The lowest BCUT2D eigenvalue weighted by Crippen LogP contribution is -2.29. The molecule has 1 amide bonds. The van der Waals surface area contributed by atoms with Gasteiger partial charge in [0.25, 0.3) is 0 Å². The summed E-state index contributed by atoms with van der Waals surface area (Å²) in [7, 11) is 1.74. The van der Waals surface area contributed by atoms with Gasteiger partial charge in [-0.15, -0.1) is 0 Å². The highest BCUT2D eigenvalue weighted by atomic mass is 16.6. The topological polar surface area (TPSA) is 29.5 Å². The number of rotatable bonds is 4. The summed E-state index contributed by atoms with van der Waals surface area (Å²) in [5, 5.41) is 0. The third kappa shape index (κ3) is 4.35. The Bertz CT molecular complexity index is 576. The monoisotopic (exact) mass is 283 g/mol. The number of carbonyl (C=O) groups excluding carboxylic acids is 1. The zero-order chi connectivity index (χ0) is 15.2. The zero-order valence-corrected chi connectivity index (χ0v) is 12.7. The molecule has 0 unspecified atom stereocenters. The Morgan fingerprint density at radius 1 is 1.05 bits per heavy atom. The van der Waals surface area contributed by atoms with Crippen molar-refractivity contribution in [1.82, 2.24) is 4.90 Å². The maximum atomic E-state index is 12.0. The molecule has 0 aliphatic rings. The summed E-state index contributed by atoms with van der Waals surface area (Å²) in [6.07, 6.45) is -0.353. The molecule has 2 aromatic carbocycles. The van der Waals surface area contributed by atoms with Gasteiger partial charge in [-0.2, -0.15) is 0 Å². The van der Waals surface area contributed by atoms with Gasteiger partial charge in [0.05, 0.1) is 0 Å². The normalized spacial score (nSPS) is 10.5. The maximum absolute atomic E-state index is 12.0. The van der Waals surface area contributed by atoms with E-state index in [2.05, 4.69) is 38.1 Å². The second-order valence-corrected chi connectivity index (χ2v) is 5.43. The second-order valence-electron chi connectivity index (χ2n) is 5.43. The van der Waals surface area contributed by atoms with E-state index in [4.69, 9.17) is 4.74 Å². The van der Waals surface area contributed by atoms with Crippen LogP contribution in [-0.2, 0) is 6.54 Å². The Hall–Kier alpha value is -2.29. The quantitative estimate of drug-likeness (QED) is 0.830. The minimum atomic E-state index is -0.353. The molecule has 2 rings (SSSR count). The van der Waals surface area contributed by atoms with Crippen LogP contribution in [0.15, 0.2) is 54.6 Å². The van der Waals surface area contributed by atoms with Crippen molar-refractivity contribution in [3.8, 4) is 5.75 Å². The fourth-order valence-corrected chi connectivity index (χ4v) is 2.01. The fourth-order valence-electron chi connectivity index (χ4n) is 2.01. The van der Waals surface area contributed by atoms with Crippen molar-refractivity contribution in [3.63, 3.8) is 0 Å². The maximum Gasteiger partial charge on any atom is 0.415 e. The number of para-hydroxylation sites is 1. The van der Waals surface area contributed by atoms with Crippen LogP contribution >= 0.6 is 0 Å². The number of nitrogens with zero attached hydrogens (tertiary/aromatic N) is 1.